The third-order valence-electron chi connectivity index (χ3n) is 4.12. The maximum absolute atomic E-state index is 12.6. The van der Waals surface area contributed by atoms with E-state index in [1.165, 1.54) is 0 Å². The van der Waals surface area contributed by atoms with Gasteiger partial charge in [0.05, 0.1) is 11.3 Å². The molecule has 0 amide bonds. The Morgan fingerprint density at radius 3 is 2.68 bits per heavy atom. The lowest BCUT2D eigenvalue weighted by Gasteiger charge is -2.28. The highest BCUT2D eigenvalue weighted by molar-refractivity contribution is 6.05. The number of fused-ring (bicyclic) bond motifs is 1. The molecule has 22 heavy (non-hydrogen) atoms. The highest BCUT2D eigenvalue weighted by atomic mass is 16.1. The van der Waals surface area contributed by atoms with Crippen molar-refractivity contribution in [3.63, 3.8) is 0 Å². The van der Waals surface area contributed by atoms with Crippen molar-refractivity contribution in [2.75, 3.05) is 5.32 Å². The number of Topliss-reactive ketones (excluding diaryl/α,β-unsaturated/α-hetero) is 1. The van der Waals surface area contributed by atoms with Crippen LogP contribution in [0, 0.1) is 18.8 Å². The molecular weight excluding hydrogens is 272 g/mol. The van der Waals surface area contributed by atoms with Gasteiger partial charge in [-0.2, -0.15) is 0 Å². The summed E-state index contributed by atoms with van der Waals surface area (Å²) in [4.78, 5) is 16.1. The molecule has 1 aromatic heterocycles. The minimum Gasteiger partial charge on any atom is -0.360 e. The Bertz CT molecular complexity index is 683. The number of H-pyrrole nitrogens is 1. The second-order valence-electron chi connectivity index (χ2n) is 6.76. The topological polar surface area (TPSA) is 44.9 Å². The standard InChI is InChI=1S/C19H22N2O/c1-4-8-14-18(20-13-9-6-5-7-10-13)17-15(21-14)11-19(2,3)12-16(17)22/h4-7,9-10,20-21H,1,8,11-12H2,2-3H3. The first-order chi connectivity index (χ1) is 10.5. The number of aromatic nitrogens is 1. The van der Waals surface area contributed by atoms with Crippen LogP contribution in [0.4, 0.5) is 11.4 Å². The summed E-state index contributed by atoms with van der Waals surface area (Å²) < 4.78 is 0. The van der Waals surface area contributed by atoms with Crippen LogP contribution >= 0.6 is 0 Å². The van der Waals surface area contributed by atoms with Crippen molar-refractivity contribution < 1.29 is 4.79 Å². The maximum Gasteiger partial charge on any atom is 0.167 e. The molecule has 2 N–H and O–H groups in total. The molecule has 3 heteroatoms. The largest absolute Gasteiger partial charge is 0.360 e. The summed E-state index contributed by atoms with van der Waals surface area (Å²) >= 11 is 0. The molecule has 114 valence electrons. The molecule has 0 aliphatic heterocycles. The number of aromatic amines is 1. The lowest BCUT2D eigenvalue weighted by molar-refractivity contribution is 0.0912. The number of anilines is 2. The van der Waals surface area contributed by atoms with E-state index in [2.05, 4.69) is 31.1 Å². The van der Waals surface area contributed by atoms with E-state index < -0.39 is 0 Å². The highest BCUT2D eigenvalue weighted by Gasteiger charge is 2.35. The van der Waals surface area contributed by atoms with Crippen molar-refractivity contribution in [2.45, 2.75) is 33.1 Å². The van der Waals surface area contributed by atoms with Crippen LogP contribution < -0.4 is 5.32 Å². The number of para-hydroxylation sites is 1. The Labute approximate surface area is 132 Å². The van der Waals surface area contributed by atoms with E-state index >= 15 is 0 Å². The Morgan fingerprint density at radius 1 is 1.27 bits per heavy atom. The SMILES string of the molecule is [CH2][CH]Cc1[nH]c2c(c1Nc1ccccc1)C(=O)CC(C)(C)C2. The monoisotopic (exact) mass is 294 g/mol. The normalized spacial score (nSPS) is 16.4. The lowest BCUT2D eigenvalue weighted by Crippen LogP contribution is -2.26. The van der Waals surface area contributed by atoms with Gasteiger partial charge in [0.15, 0.2) is 5.78 Å². The van der Waals surface area contributed by atoms with E-state index in [4.69, 9.17) is 0 Å². The smallest absolute Gasteiger partial charge is 0.167 e. The van der Waals surface area contributed by atoms with Crippen molar-refractivity contribution in [3.8, 4) is 0 Å². The van der Waals surface area contributed by atoms with Crippen LogP contribution in [0.5, 0.6) is 0 Å². The van der Waals surface area contributed by atoms with Crippen LogP contribution in [0.1, 0.15) is 42.0 Å². The number of benzene rings is 1. The second-order valence-corrected chi connectivity index (χ2v) is 6.76. The van der Waals surface area contributed by atoms with E-state index in [0.29, 0.717) is 6.42 Å². The third kappa shape index (κ3) is 2.80. The number of nitrogens with one attached hydrogen (secondary N) is 2. The van der Waals surface area contributed by atoms with Gasteiger partial charge in [-0.15, -0.1) is 0 Å². The lowest BCUT2D eigenvalue weighted by atomic mass is 9.76. The first kappa shape index (κ1) is 14.9. The predicted octanol–water partition coefficient (Wildman–Crippen LogP) is 4.49. The fourth-order valence-electron chi connectivity index (χ4n) is 3.21. The summed E-state index contributed by atoms with van der Waals surface area (Å²) in [5, 5.41) is 3.42. The van der Waals surface area contributed by atoms with Crippen LogP contribution in [-0.4, -0.2) is 10.8 Å². The third-order valence-corrected chi connectivity index (χ3v) is 4.12. The number of rotatable bonds is 4. The molecule has 3 rings (SSSR count). The molecule has 0 atom stereocenters. The zero-order valence-corrected chi connectivity index (χ0v) is 13.2. The molecule has 2 radical (unpaired) electrons. The molecule has 1 heterocycles. The van der Waals surface area contributed by atoms with Crippen LogP contribution in [0.25, 0.3) is 0 Å². The molecule has 1 aliphatic rings. The molecule has 1 aromatic carbocycles. The van der Waals surface area contributed by atoms with E-state index in [1.807, 2.05) is 36.8 Å². The molecule has 0 spiro atoms. The molecular formula is C19H22N2O. The summed E-state index contributed by atoms with van der Waals surface area (Å²) in [6.45, 7) is 8.12. The molecule has 0 bridgehead atoms. The quantitative estimate of drug-likeness (QED) is 0.872. The van der Waals surface area contributed by atoms with Crippen molar-refractivity contribution in [3.05, 3.63) is 60.6 Å². The number of carbonyl (C=O) groups excluding carboxylic acids is 1. The summed E-state index contributed by atoms with van der Waals surface area (Å²) in [5.74, 6) is 0.219. The summed E-state index contributed by atoms with van der Waals surface area (Å²) in [7, 11) is 0. The zero-order chi connectivity index (χ0) is 15.7. The summed E-state index contributed by atoms with van der Waals surface area (Å²) in [5.41, 5.74) is 4.85. The highest BCUT2D eigenvalue weighted by Crippen LogP contribution is 2.40. The van der Waals surface area contributed by atoms with Gasteiger partial charge in [-0.05, 0) is 43.7 Å². The number of hydrogen-bond donors (Lipinski definition) is 2. The van der Waals surface area contributed by atoms with Crippen molar-refractivity contribution in [1.82, 2.24) is 4.98 Å². The first-order valence-corrected chi connectivity index (χ1v) is 7.70. The molecule has 3 nitrogen and oxygen atoms in total. The minimum absolute atomic E-state index is 0.0183. The zero-order valence-electron chi connectivity index (χ0n) is 13.2. The van der Waals surface area contributed by atoms with Gasteiger partial charge in [-0.25, -0.2) is 0 Å². The molecule has 0 fully saturated rings. The summed E-state index contributed by atoms with van der Waals surface area (Å²) in [6, 6.07) is 9.97. The van der Waals surface area contributed by atoms with Crippen molar-refractivity contribution in [2.24, 2.45) is 5.41 Å². The van der Waals surface area contributed by atoms with E-state index in [-0.39, 0.29) is 11.2 Å². The Kier molecular flexibility index (Phi) is 3.81. The van der Waals surface area contributed by atoms with Crippen LogP contribution in [0.2, 0.25) is 0 Å². The maximum atomic E-state index is 12.6. The van der Waals surface area contributed by atoms with Crippen LogP contribution in [-0.2, 0) is 12.8 Å². The Balaban J connectivity index is 2.04. The first-order valence-electron chi connectivity index (χ1n) is 7.70. The fraction of sp³-hybridized carbons (Fsp3) is 0.316. The molecule has 0 saturated heterocycles. The van der Waals surface area contributed by atoms with Crippen molar-refractivity contribution in [1.29, 1.82) is 0 Å². The molecule has 0 unspecified atom stereocenters. The molecule has 2 aromatic rings. The van der Waals surface area contributed by atoms with Gasteiger partial charge in [-0.1, -0.05) is 32.0 Å². The van der Waals surface area contributed by atoms with Gasteiger partial charge in [0.25, 0.3) is 0 Å². The van der Waals surface area contributed by atoms with Gasteiger partial charge in [0.1, 0.15) is 0 Å². The molecule has 1 aliphatic carbocycles. The average molecular weight is 294 g/mol. The van der Waals surface area contributed by atoms with Gasteiger partial charge in [0.2, 0.25) is 0 Å². The van der Waals surface area contributed by atoms with E-state index in [0.717, 1.165) is 41.2 Å². The number of carbonyl (C=O) groups is 1. The van der Waals surface area contributed by atoms with Gasteiger partial charge < -0.3 is 10.3 Å². The number of hydrogen-bond acceptors (Lipinski definition) is 2. The van der Waals surface area contributed by atoms with E-state index in [1.54, 1.807) is 0 Å². The summed E-state index contributed by atoms with van der Waals surface area (Å²) in [6.07, 6.45) is 4.07. The Hall–Kier alpha value is -2.03. The predicted molar refractivity (Wildman–Crippen MR) is 90.3 cm³/mol. The fourth-order valence-corrected chi connectivity index (χ4v) is 3.21. The Morgan fingerprint density at radius 2 is 2.00 bits per heavy atom. The minimum atomic E-state index is 0.0183. The van der Waals surface area contributed by atoms with Gasteiger partial charge in [0, 0.05) is 23.5 Å². The van der Waals surface area contributed by atoms with E-state index in [9.17, 15) is 4.79 Å². The van der Waals surface area contributed by atoms with Gasteiger partial charge >= 0.3 is 0 Å². The van der Waals surface area contributed by atoms with Gasteiger partial charge in [-0.3, -0.25) is 4.79 Å². The molecule has 0 saturated carbocycles. The second kappa shape index (κ2) is 5.64. The number of ketones is 1. The average Bonchev–Trinajstić information content (AvgIpc) is 2.76. The van der Waals surface area contributed by atoms with Crippen molar-refractivity contribution >= 4 is 17.2 Å². The van der Waals surface area contributed by atoms with Crippen LogP contribution in [0.3, 0.4) is 0 Å². The van der Waals surface area contributed by atoms with Crippen LogP contribution in [0.15, 0.2) is 30.3 Å².